The van der Waals surface area contributed by atoms with E-state index in [1.54, 1.807) is 5.56 Å². The molecule has 0 spiro atoms. The molecule has 4 heteroatoms. The van der Waals surface area contributed by atoms with E-state index in [1.807, 2.05) is 11.3 Å². The summed E-state index contributed by atoms with van der Waals surface area (Å²) in [5.74, 6) is 0. The number of anilines is 5. The predicted molar refractivity (Wildman–Crippen MR) is 249 cm³/mol. The lowest BCUT2D eigenvalue weighted by molar-refractivity contribution is 0.195. The fraction of sp³-hybridized carbons (Fsp3) is 0.321. The highest BCUT2D eigenvalue weighted by Gasteiger charge is 2.61. The van der Waals surface area contributed by atoms with Crippen molar-refractivity contribution in [1.29, 1.82) is 0 Å². The van der Waals surface area contributed by atoms with E-state index in [1.165, 1.54) is 118 Å². The molecule has 2 unspecified atom stereocenters. The highest BCUT2D eigenvalue weighted by molar-refractivity contribution is 7.26. The molecule has 1 fully saturated rings. The predicted octanol–water partition coefficient (Wildman–Crippen LogP) is 13.0. The summed E-state index contributed by atoms with van der Waals surface area (Å²) in [6.45, 7) is 21.9. The van der Waals surface area contributed by atoms with Crippen molar-refractivity contribution in [2.75, 3.05) is 9.80 Å². The maximum atomic E-state index is 2.88. The molecule has 0 amide bonds. The second kappa shape index (κ2) is 11.7. The van der Waals surface area contributed by atoms with Crippen LogP contribution in [0.2, 0.25) is 0 Å². The van der Waals surface area contributed by atoms with E-state index < -0.39 is 0 Å². The molecule has 0 saturated heterocycles. The van der Waals surface area contributed by atoms with E-state index in [2.05, 4.69) is 181 Å². The third-order valence-electron chi connectivity index (χ3n) is 14.7. The maximum Gasteiger partial charge on any atom is 0.252 e. The molecule has 0 N–H and O–H groups in total. The van der Waals surface area contributed by atoms with Crippen molar-refractivity contribution < 1.29 is 0 Å². The van der Waals surface area contributed by atoms with Crippen LogP contribution in [0, 0.1) is 6.92 Å². The smallest absolute Gasteiger partial charge is 0.252 e. The van der Waals surface area contributed by atoms with Crippen LogP contribution in [-0.2, 0) is 16.2 Å². The number of thiophene rings is 1. The van der Waals surface area contributed by atoms with Crippen molar-refractivity contribution >= 4 is 83.0 Å². The van der Waals surface area contributed by atoms with Gasteiger partial charge in [-0.1, -0.05) is 128 Å². The first kappa shape index (κ1) is 35.4. The Morgan fingerprint density at radius 3 is 2.11 bits per heavy atom. The van der Waals surface area contributed by atoms with Gasteiger partial charge in [0.25, 0.3) is 6.71 Å². The third-order valence-corrected chi connectivity index (χ3v) is 15.9. The third kappa shape index (κ3) is 4.77. The number of aryl methyl sites for hydroxylation is 1. The van der Waals surface area contributed by atoms with Gasteiger partial charge in [-0.2, -0.15) is 0 Å². The van der Waals surface area contributed by atoms with Crippen LogP contribution in [0.3, 0.4) is 0 Å². The average Bonchev–Trinajstić information content (AvgIpc) is 3.64. The summed E-state index contributed by atoms with van der Waals surface area (Å²) in [5.41, 5.74) is 19.5. The normalized spacial score (nSPS) is 20.8. The van der Waals surface area contributed by atoms with Gasteiger partial charge >= 0.3 is 0 Å². The standard InChI is InChI=1S/C53H53BN2S/c1-32-25-44-48-45(26-32)56-49-39(52(8)23-15-16-24-53(52,56)9)28-35(51(5,6)7)29-41(49)54(48)40-31-47-38(36-19-13-14-20-46(36)57-47)30-43(40)55(44)42-22-21-34(50(2,3)4)27-37(42)33-17-11-10-12-18-33/h10-14,17-22,25-31H,15-16,23-24H2,1-9H3. The van der Waals surface area contributed by atoms with Gasteiger partial charge in [-0.15, -0.1) is 11.3 Å². The first-order valence-electron chi connectivity index (χ1n) is 21.3. The van der Waals surface area contributed by atoms with Gasteiger partial charge < -0.3 is 9.80 Å². The number of rotatable bonds is 2. The minimum Gasteiger partial charge on any atom is -0.335 e. The summed E-state index contributed by atoms with van der Waals surface area (Å²) in [6.07, 6.45) is 4.99. The Morgan fingerprint density at radius 2 is 1.33 bits per heavy atom. The minimum absolute atomic E-state index is 0.0151. The van der Waals surface area contributed by atoms with Crippen molar-refractivity contribution in [1.82, 2.24) is 0 Å². The maximum absolute atomic E-state index is 2.88. The molecule has 0 radical (unpaired) electrons. The Bertz CT molecular complexity index is 2840. The fourth-order valence-corrected chi connectivity index (χ4v) is 12.6. The molecule has 1 aliphatic carbocycles. The van der Waals surface area contributed by atoms with Crippen LogP contribution >= 0.6 is 11.3 Å². The lowest BCUT2D eigenvalue weighted by Crippen LogP contribution is -2.64. The van der Waals surface area contributed by atoms with Gasteiger partial charge in [0.15, 0.2) is 0 Å². The van der Waals surface area contributed by atoms with Crippen LogP contribution < -0.4 is 26.2 Å². The van der Waals surface area contributed by atoms with Gasteiger partial charge in [0.1, 0.15) is 0 Å². The second-order valence-corrected chi connectivity index (χ2v) is 21.3. The number of benzene rings is 6. The Kier molecular flexibility index (Phi) is 7.24. The largest absolute Gasteiger partial charge is 0.335 e. The van der Waals surface area contributed by atoms with Crippen LogP contribution in [0.4, 0.5) is 28.4 Å². The highest BCUT2D eigenvalue weighted by atomic mass is 32.1. The average molecular weight is 761 g/mol. The van der Waals surface area contributed by atoms with E-state index in [0.29, 0.717) is 0 Å². The number of fused-ring (bicyclic) bond motifs is 10. The number of hydrogen-bond acceptors (Lipinski definition) is 3. The summed E-state index contributed by atoms with van der Waals surface area (Å²) in [5, 5.41) is 2.69. The summed E-state index contributed by atoms with van der Waals surface area (Å²) in [6, 6.07) is 42.9. The summed E-state index contributed by atoms with van der Waals surface area (Å²) < 4.78 is 2.72. The Balaban J connectivity index is 1.30. The molecule has 6 aromatic carbocycles. The minimum atomic E-state index is -0.0184. The molecule has 57 heavy (non-hydrogen) atoms. The van der Waals surface area contributed by atoms with Gasteiger partial charge in [0.2, 0.25) is 0 Å². The van der Waals surface area contributed by atoms with E-state index >= 15 is 0 Å². The van der Waals surface area contributed by atoms with E-state index in [0.717, 1.165) is 0 Å². The fourth-order valence-electron chi connectivity index (χ4n) is 11.4. The molecule has 3 aliphatic heterocycles. The van der Waals surface area contributed by atoms with Crippen LogP contribution in [0.15, 0.2) is 109 Å². The van der Waals surface area contributed by atoms with Crippen molar-refractivity contribution in [3.63, 3.8) is 0 Å². The monoisotopic (exact) mass is 760 g/mol. The summed E-state index contributed by atoms with van der Waals surface area (Å²) in [7, 11) is 0. The molecule has 2 atom stereocenters. The molecular formula is C53H53BN2S. The second-order valence-electron chi connectivity index (χ2n) is 20.2. The van der Waals surface area contributed by atoms with Crippen LogP contribution in [0.1, 0.15) is 103 Å². The Labute approximate surface area is 343 Å². The zero-order valence-electron chi connectivity index (χ0n) is 35.1. The topological polar surface area (TPSA) is 6.48 Å². The molecule has 4 heterocycles. The molecule has 7 aromatic rings. The van der Waals surface area contributed by atoms with E-state index in [4.69, 9.17) is 0 Å². The molecular weight excluding hydrogens is 707 g/mol. The molecule has 2 nitrogen and oxygen atoms in total. The van der Waals surface area contributed by atoms with Gasteiger partial charge in [0, 0.05) is 53.9 Å². The number of hydrogen-bond donors (Lipinski definition) is 0. The quantitative estimate of drug-likeness (QED) is 0.162. The van der Waals surface area contributed by atoms with Crippen molar-refractivity contribution in [2.45, 2.75) is 110 Å². The SMILES string of the molecule is Cc1cc2c3c(c1)N1c4c(cc(C(C)(C)C)cc4C4(C)CCCCC14C)B3c1cc3sc4ccccc4c3cc1N2c1ccc(C(C)(C)C)cc1-c1ccccc1. The Hall–Kier alpha value is -4.80. The zero-order valence-corrected chi connectivity index (χ0v) is 35.9. The first-order valence-corrected chi connectivity index (χ1v) is 22.1. The van der Waals surface area contributed by atoms with Crippen LogP contribution in [0.5, 0.6) is 0 Å². The van der Waals surface area contributed by atoms with Crippen LogP contribution in [0.25, 0.3) is 31.3 Å². The number of nitrogens with zero attached hydrogens (tertiary/aromatic N) is 2. The summed E-state index contributed by atoms with van der Waals surface area (Å²) in [4.78, 5) is 5.56. The molecule has 1 saturated carbocycles. The highest BCUT2D eigenvalue weighted by Crippen LogP contribution is 2.62. The molecule has 284 valence electrons. The van der Waals surface area contributed by atoms with Crippen LogP contribution in [-0.4, -0.2) is 12.3 Å². The summed E-state index contributed by atoms with van der Waals surface area (Å²) >= 11 is 1.95. The zero-order chi connectivity index (χ0) is 39.4. The molecule has 0 bridgehead atoms. The lowest BCUT2D eigenvalue weighted by atomic mass is 9.33. The van der Waals surface area contributed by atoms with Crippen molar-refractivity contribution in [2.24, 2.45) is 0 Å². The molecule has 1 aromatic heterocycles. The lowest BCUT2D eigenvalue weighted by Gasteiger charge is -2.53. The van der Waals surface area contributed by atoms with Crippen molar-refractivity contribution in [3.8, 4) is 11.1 Å². The van der Waals surface area contributed by atoms with Gasteiger partial charge in [-0.3, -0.25) is 0 Å². The van der Waals surface area contributed by atoms with Gasteiger partial charge in [-0.05, 0) is 124 Å². The van der Waals surface area contributed by atoms with E-state index in [9.17, 15) is 0 Å². The van der Waals surface area contributed by atoms with Gasteiger partial charge in [0.05, 0.1) is 11.2 Å². The molecule has 11 rings (SSSR count). The Morgan fingerprint density at radius 1 is 0.614 bits per heavy atom. The first-order chi connectivity index (χ1) is 27.2. The van der Waals surface area contributed by atoms with Crippen molar-refractivity contribution in [3.05, 3.63) is 131 Å². The van der Waals surface area contributed by atoms with Gasteiger partial charge in [-0.25, -0.2) is 0 Å². The van der Waals surface area contributed by atoms with E-state index in [-0.39, 0.29) is 28.5 Å². The molecule has 4 aliphatic rings.